The van der Waals surface area contributed by atoms with Crippen molar-refractivity contribution in [2.45, 2.75) is 17.0 Å². The SMILES string of the molecule is COc1cc(Sc2nc(C)cc(=O)[nH]2)ccc1N. The number of nitrogens with one attached hydrogen (secondary N) is 1. The van der Waals surface area contributed by atoms with Crippen LogP contribution in [0.1, 0.15) is 5.69 Å². The Morgan fingerprint density at radius 2 is 2.17 bits per heavy atom. The number of aromatic nitrogens is 2. The van der Waals surface area contributed by atoms with Crippen LogP contribution in [-0.4, -0.2) is 17.1 Å². The summed E-state index contributed by atoms with van der Waals surface area (Å²) in [6, 6.07) is 6.87. The van der Waals surface area contributed by atoms with Gasteiger partial charge in [0.1, 0.15) is 5.75 Å². The molecule has 0 bridgehead atoms. The fourth-order valence-electron chi connectivity index (χ4n) is 1.47. The van der Waals surface area contributed by atoms with Gasteiger partial charge < -0.3 is 15.5 Å². The van der Waals surface area contributed by atoms with Crippen LogP contribution in [0, 0.1) is 6.92 Å². The second-order valence-electron chi connectivity index (χ2n) is 3.70. The van der Waals surface area contributed by atoms with Crippen molar-refractivity contribution in [1.82, 2.24) is 9.97 Å². The smallest absolute Gasteiger partial charge is 0.251 e. The highest BCUT2D eigenvalue weighted by molar-refractivity contribution is 7.99. The minimum absolute atomic E-state index is 0.160. The van der Waals surface area contributed by atoms with Crippen molar-refractivity contribution in [1.29, 1.82) is 0 Å². The van der Waals surface area contributed by atoms with E-state index in [4.69, 9.17) is 10.5 Å². The molecule has 0 saturated heterocycles. The summed E-state index contributed by atoms with van der Waals surface area (Å²) in [7, 11) is 1.56. The molecule has 0 atom stereocenters. The number of hydrogen-bond acceptors (Lipinski definition) is 5. The third-order valence-electron chi connectivity index (χ3n) is 2.27. The van der Waals surface area contributed by atoms with Crippen molar-refractivity contribution >= 4 is 17.4 Å². The van der Waals surface area contributed by atoms with Crippen LogP contribution in [0.4, 0.5) is 5.69 Å². The minimum Gasteiger partial charge on any atom is -0.495 e. The first-order valence-electron chi connectivity index (χ1n) is 5.28. The molecule has 2 rings (SSSR count). The number of nitrogen functional groups attached to an aromatic ring is 1. The van der Waals surface area contributed by atoms with E-state index in [2.05, 4.69) is 9.97 Å². The number of aromatic amines is 1. The number of nitrogens with two attached hydrogens (primary N) is 1. The average molecular weight is 263 g/mol. The maximum Gasteiger partial charge on any atom is 0.251 e. The van der Waals surface area contributed by atoms with Gasteiger partial charge in [-0.15, -0.1) is 0 Å². The first-order valence-corrected chi connectivity index (χ1v) is 6.09. The van der Waals surface area contributed by atoms with Gasteiger partial charge in [-0.25, -0.2) is 4.98 Å². The predicted molar refractivity (Wildman–Crippen MR) is 71.1 cm³/mol. The number of hydrogen-bond donors (Lipinski definition) is 2. The average Bonchev–Trinajstić information content (AvgIpc) is 2.30. The molecule has 0 spiro atoms. The Bertz CT molecular complexity index is 625. The van der Waals surface area contributed by atoms with E-state index in [9.17, 15) is 4.79 Å². The lowest BCUT2D eigenvalue weighted by atomic mass is 10.3. The molecule has 0 radical (unpaired) electrons. The van der Waals surface area contributed by atoms with Gasteiger partial charge in [-0.1, -0.05) is 11.8 Å². The lowest BCUT2D eigenvalue weighted by molar-refractivity contribution is 0.416. The van der Waals surface area contributed by atoms with Gasteiger partial charge in [0, 0.05) is 16.7 Å². The number of methoxy groups -OCH3 is 1. The van der Waals surface area contributed by atoms with E-state index in [0.717, 1.165) is 4.90 Å². The second-order valence-corrected chi connectivity index (χ2v) is 4.76. The molecule has 3 N–H and O–H groups in total. The molecule has 5 nitrogen and oxygen atoms in total. The molecular formula is C12H13N3O2S. The molecule has 0 aliphatic carbocycles. The molecule has 1 aromatic carbocycles. The molecule has 0 saturated carbocycles. The van der Waals surface area contributed by atoms with E-state index in [1.165, 1.54) is 17.8 Å². The maximum atomic E-state index is 11.3. The van der Waals surface area contributed by atoms with Gasteiger partial charge in [0.15, 0.2) is 5.16 Å². The highest BCUT2D eigenvalue weighted by atomic mass is 32.2. The molecule has 2 aromatic rings. The van der Waals surface area contributed by atoms with E-state index in [0.29, 0.717) is 22.3 Å². The summed E-state index contributed by atoms with van der Waals surface area (Å²) in [6.07, 6.45) is 0. The maximum absolute atomic E-state index is 11.3. The second kappa shape index (κ2) is 5.14. The predicted octanol–water partition coefficient (Wildman–Crippen LogP) is 1.82. The van der Waals surface area contributed by atoms with Crippen molar-refractivity contribution < 1.29 is 4.74 Å². The molecule has 0 fully saturated rings. The summed E-state index contributed by atoms with van der Waals surface area (Å²) in [6.45, 7) is 1.78. The van der Waals surface area contributed by atoms with E-state index >= 15 is 0 Å². The summed E-state index contributed by atoms with van der Waals surface area (Å²) >= 11 is 1.35. The van der Waals surface area contributed by atoms with Crippen molar-refractivity contribution in [3.05, 3.63) is 40.3 Å². The van der Waals surface area contributed by atoms with Crippen LogP contribution < -0.4 is 16.0 Å². The number of ether oxygens (including phenoxy) is 1. The number of benzene rings is 1. The minimum atomic E-state index is -0.160. The zero-order valence-corrected chi connectivity index (χ0v) is 10.9. The Morgan fingerprint density at radius 3 is 2.83 bits per heavy atom. The summed E-state index contributed by atoms with van der Waals surface area (Å²) < 4.78 is 5.14. The van der Waals surface area contributed by atoms with Gasteiger partial charge >= 0.3 is 0 Å². The molecule has 1 aromatic heterocycles. The van der Waals surface area contributed by atoms with Gasteiger partial charge in [0.25, 0.3) is 5.56 Å². The molecular weight excluding hydrogens is 250 g/mol. The fourth-order valence-corrected chi connectivity index (χ4v) is 2.33. The van der Waals surface area contributed by atoms with Crippen LogP contribution in [0.15, 0.2) is 39.1 Å². The van der Waals surface area contributed by atoms with E-state index in [1.807, 2.05) is 12.1 Å². The van der Waals surface area contributed by atoms with Gasteiger partial charge in [-0.2, -0.15) is 0 Å². The first kappa shape index (κ1) is 12.5. The van der Waals surface area contributed by atoms with Crippen molar-refractivity contribution in [3.8, 4) is 5.75 Å². The highest BCUT2D eigenvalue weighted by Gasteiger charge is 2.05. The summed E-state index contributed by atoms with van der Waals surface area (Å²) in [5.74, 6) is 0.606. The molecule has 6 heteroatoms. The Balaban J connectivity index is 2.31. The third kappa shape index (κ3) is 2.84. The normalized spacial score (nSPS) is 10.3. The van der Waals surface area contributed by atoms with Crippen LogP contribution in [-0.2, 0) is 0 Å². The van der Waals surface area contributed by atoms with Gasteiger partial charge in [0.05, 0.1) is 12.8 Å². The van der Waals surface area contributed by atoms with Crippen LogP contribution in [0.25, 0.3) is 0 Å². The zero-order chi connectivity index (χ0) is 13.1. The molecule has 94 valence electrons. The zero-order valence-electron chi connectivity index (χ0n) is 10.1. The Labute approximate surface area is 108 Å². The van der Waals surface area contributed by atoms with Gasteiger partial charge in [0.2, 0.25) is 0 Å². The molecule has 0 aliphatic heterocycles. The van der Waals surface area contributed by atoms with E-state index in [1.54, 1.807) is 20.1 Å². The van der Waals surface area contributed by atoms with Crippen molar-refractivity contribution in [3.63, 3.8) is 0 Å². The van der Waals surface area contributed by atoms with Crippen LogP contribution in [0.3, 0.4) is 0 Å². The number of rotatable bonds is 3. The summed E-state index contributed by atoms with van der Waals surface area (Å²) in [5.41, 5.74) is 6.83. The highest BCUT2D eigenvalue weighted by Crippen LogP contribution is 2.30. The number of anilines is 1. The van der Waals surface area contributed by atoms with Crippen LogP contribution in [0.5, 0.6) is 5.75 Å². The van der Waals surface area contributed by atoms with Gasteiger partial charge in [-0.3, -0.25) is 4.79 Å². The quantitative estimate of drug-likeness (QED) is 0.652. The lowest BCUT2D eigenvalue weighted by Crippen LogP contribution is -2.07. The van der Waals surface area contributed by atoms with Gasteiger partial charge in [-0.05, 0) is 25.1 Å². The Hall–Kier alpha value is -1.95. The fraction of sp³-hybridized carbons (Fsp3) is 0.167. The molecule has 1 heterocycles. The van der Waals surface area contributed by atoms with Crippen molar-refractivity contribution in [2.75, 3.05) is 12.8 Å². The van der Waals surface area contributed by atoms with E-state index in [-0.39, 0.29) is 5.56 Å². The summed E-state index contributed by atoms with van der Waals surface area (Å²) in [5, 5.41) is 0.548. The Kier molecular flexibility index (Phi) is 3.57. The topological polar surface area (TPSA) is 81.0 Å². The Morgan fingerprint density at radius 1 is 1.39 bits per heavy atom. The summed E-state index contributed by atoms with van der Waals surface area (Å²) in [4.78, 5) is 19.1. The van der Waals surface area contributed by atoms with Crippen molar-refractivity contribution in [2.24, 2.45) is 0 Å². The first-order chi connectivity index (χ1) is 8.58. The number of nitrogens with zero attached hydrogens (tertiary/aromatic N) is 1. The number of H-pyrrole nitrogens is 1. The lowest BCUT2D eigenvalue weighted by Gasteiger charge is -2.06. The molecule has 0 unspecified atom stereocenters. The molecule has 18 heavy (non-hydrogen) atoms. The van der Waals surface area contributed by atoms with Crippen LogP contribution in [0.2, 0.25) is 0 Å². The number of aryl methyl sites for hydroxylation is 1. The standard InChI is InChI=1S/C12H13N3O2S/c1-7-5-11(16)15-12(14-7)18-8-3-4-9(13)10(6-8)17-2/h3-6H,13H2,1-2H3,(H,14,15,16). The molecule has 0 amide bonds. The monoisotopic (exact) mass is 263 g/mol. The third-order valence-corrected chi connectivity index (χ3v) is 3.14. The van der Waals surface area contributed by atoms with Crippen LogP contribution >= 0.6 is 11.8 Å². The van der Waals surface area contributed by atoms with E-state index < -0.39 is 0 Å². The largest absolute Gasteiger partial charge is 0.495 e. The molecule has 0 aliphatic rings.